The molecule has 1 fully saturated rings. The zero-order valence-electron chi connectivity index (χ0n) is 14.3. The van der Waals surface area contributed by atoms with E-state index in [9.17, 15) is 9.59 Å². The third kappa shape index (κ3) is 4.80. The van der Waals surface area contributed by atoms with Gasteiger partial charge in [-0.1, -0.05) is 27.2 Å². The maximum absolute atomic E-state index is 12.0. The summed E-state index contributed by atoms with van der Waals surface area (Å²) >= 11 is 1.32. The lowest BCUT2D eigenvalue weighted by Crippen LogP contribution is -2.36. The molecular weight excluding hydrogens is 312 g/mol. The van der Waals surface area contributed by atoms with E-state index >= 15 is 0 Å². The molecule has 128 valence electrons. The summed E-state index contributed by atoms with van der Waals surface area (Å²) < 4.78 is 10.7. The van der Waals surface area contributed by atoms with Gasteiger partial charge < -0.3 is 9.47 Å². The topological polar surface area (TPSA) is 52.6 Å². The van der Waals surface area contributed by atoms with Gasteiger partial charge >= 0.3 is 11.9 Å². The van der Waals surface area contributed by atoms with E-state index in [2.05, 4.69) is 20.8 Å². The first-order valence-corrected chi connectivity index (χ1v) is 9.17. The molecule has 1 aliphatic rings. The van der Waals surface area contributed by atoms with Crippen LogP contribution in [0.15, 0.2) is 11.4 Å². The normalized spacial score (nSPS) is 24.5. The van der Waals surface area contributed by atoms with Gasteiger partial charge in [-0.05, 0) is 54.5 Å². The van der Waals surface area contributed by atoms with E-state index in [1.165, 1.54) is 17.8 Å². The van der Waals surface area contributed by atoms with Gasteiger partial charge in [0.2, 0.25) is 0 Å². The van der Waals surface area contributed by atoms with Crippen LogP contribution in [0.3, 0.4) is 0 Å². The Labute approximate surface area is 142 Å². The Morgan fingerprint density at radius 2 is 2.09 bits per heavy atom. The van der Waals surface area contributed by atoms with Crippen molar-refractivity contribution in [1.29, 1.82) is 0 Å². The van der Waals surface area contributed by atoms with Gasteiger partial charge in [0.1, 0.15) is 11.0 Å². The van der Waals surface area contributed by atoms with E-state index in [1.807, 2.05) is 18.4 Å². The fourth-order valence-electron chi connectivity index (χ4n) is 3.22. The van der Waals surface area contributed by atoms with Crippen molar-refractivity contribution in [3.8, 4) is 0 Å². The number of hydrogen-bond donors (Lipinski definition) is 0. The third-order valence-corrected chi connectivity index (χ3v) is 5.61. The zero-order chi connectivity index (χ0) is 17.0. The molecule has 0 bridgehead atoms. The second-order valence-electron chi connectivity index (χ2n) is 6.86. The van der Waals surface area contributed by atoms with Crippen molar-refractivity contribution >= 4 is 23.3 Å². The highest BCUT2D eigenvalue weighted by Crippen LogP contribution is 2.35. The average Bonchev–Trinajstić information content (AvgIpc) is 2.90. The molecule has 0 amide bonds. The van der Waals surface area contributed by atoms with Crippen molar-refractivity contribution < 1.29 is 19.1 Å². The molecule has 0 aromatic carbocycles. The van der Waals surface area contributed by atoms with E-state index in [1.54, 1.807) is 0 Å². The molecular formula is C18H26O4S. The lowest BCUT2D eigenvalue weighted by atomic mass is 9.75. The molecule has 2 rings (SSSR count). The Bertz CT molecular complexity index is 549. The molecule has 1 saturated carbocycles. The Kier molecular flexibility index (Phi) is 6.22. The van der Waals surface area contributed by atoms with Crippen molar-refractivity contribution in [2.45, 2.75) is 53.1 Å². The summed E-state index contributed by atoms with van der Waals surface area (Å²) in [4.78, 5) is 24.5. The quantitative estimate of drug-likeness (QED) is 0.754. The van der Waals surface area contributed by atoms with Gasteiger partial charge in [-0.3, -0.25) is 0 Å². The molecule has 1 aliphatic carbocycles. The Hall–Kier alpha value is -1.36. The van der Waals surface area contributed by atoms with Crippen molar-refractivity contribution in [2.24, 2.45) is 17.8 Å². The third-order valence-electron chi connectivity index (χ3n) is 4.61. The Morgan fingerprint density at radius 3 is 2.70 bits per heavy atom. The summed E-state index contributed by atoms with van der Waals surface area (Å²) in [5.41, 5.74) is 0.870. The predicted octanol–water partition coefficient (Wildman–Crippen LogP) is 4.22. The largest absolute Gasteiger partial charge is 0.460 e. The zero-order valence-corrected chi connectivity index (χ0v) is 15.2. The number of esters is 2. The highest BCUT2D eigenvalue weighted by atomic mass is 32.1. The monoisotopic (exact) mass is 338 g/mol. The van der Waals surface area contributed by atoms with E-state index in [4.69, 9.17) is 9.47 Å². The first kappa shape index (κ1) is 18.0. The fourth-order valence-corrected chi connectivity index (χ4v) is 4.04. The number of thiophene rings is 1. The number of ether oxygens (including phenoxy) is 2. The summed E-state index contributed by atoms with van der Waals surface area (Å²) in [6.45, 7) is 8.06. The molecule has 1 heterocycles. The predicted molar refractivity (Wildman–Crippen MR) is 90.6 cm³/mol. The smallest absolute Gasteiger partial charge is 0.349 e. The summed E-state index contributed by atoms with van der Waals surface area (Å²) in [5, 5.41) is 1.83. The molecule has 5 heteroatoms. The van der Waals surface area contributed by atoms with Crippen LogP contribution in [-0.4, -0.2) is 24.6 Å². The van der Waals surface area contributed by atoms with E-state index in [0.717, 1.165) is 18.4 Å². The Morgan fingerprint density at radius 1 is 1.35 bits per heavy atom. The van der Waals surface area contributed by atoms with Gasteiger partial charge in [0.25, 0.3) is 0 Å². The van der Waals surface area contributed by atoms with Gasteiger partial charge in [0.15, 0.2) is 6.61 Å². The van der Waals surface area contributed by atoms with E-state index < -0.39 is 11.9 Å². The van der Waals surface area contributed by atoms with Crippen molar-refractivity contribution in [1.82, 2.24) is 0 Å². The molecule has 0 unspecified atom stereocenters. The van der Waals surface area contributed by atoms with E-state index in [0.29, 0.717) is 22.6 Å². The molecule has 1 aromatic heterocycles. The minimum Gasteiger partial charge on any atom is -0.460 e. The molecule has 0 radical (unpaired) electrons. The van der Waals surface area contributed by atoms with Crippen molar-refractivity contribution in [2.75, 3.05) is 6.61 Å². The lowest BCUT2D eigenvalue weighted by molar-refractivity contribution is -0.159. The average molecular weight is 338 g/mol. The minimum atomic E-state index is -0.452. The number of carbonyl (C=O) groups is 2. The number of rotatable bonds is 5. The van der Waals surface area contributed by atoms with Crippen LogP contribution in [0.1, 0.15) is 55.3 Å². The number of aryl methyl sites for hydroxylation is 1. The highest BCUT2D eigenvalue weighted by Gasteiger charge is 2.33. The molecule has 1 aromatic rings. The van der Waals surface area contributed by atoms with Gasteiger partial charge in [-0.25, -0.2) is 9.59 Å². The van der Waals surface area contributed by atoms with Crippen LogP contribution in [0.2, 0.25) is 0 Å². The first-order valence-electron chi connectivity index (χ1n) is 8.29. The molecule has 0 spiro atoms. The van der Waals surface area contributed by atoms with E-state index in [-0.39, 0.29) is 12.7 Å². The molecule has 23 heavy (non-hydrogen) atoms. The number of carbonyl (C=O) groups excluding carboxylic acids is 2. The van der Waals surface area contributed by atoms with Gasteiger partial charge in [0.05, 0.1) is 0 Å². The van der Waals surface area contributed by atoms with Gasteiger partial charge in [-0.2, -0.15) is 0 Å². The van der Waals surface area contributed by atoms with Gasteiger partial charge in [-0.15, -0.1) is 11.3 Å². The summed E-state index contributed by atoms with van der Waals surface area (Å²) in [7, 11) is 0. The van der Waals surface area contributed by atoms with Crippen molar-refractivity contribution in [3.63, 3.8) is 0 Å². The van der Waals surface area contributed by atoms with Gasteiger partial charge in [0, 0.05) is 0 Å². The van der Waals surface area contributed by atoms with Crippen LogP contribution in [0.4, 0.5) is 0 Å². The van der Waals surface area contributed by atoms with Crippen LogP contribution in [0.5, 0.6) is 0 Å². The van der Waals surface area contributed by atoms with Crippen LogP contribution in [0, 0.1) is 24.7 Å². The molecule has 0 N–H and O–H groups in total. The minimum absolute atomic E-state index is 0.0616. The van der Waals surface area contributed by atoms with Crippen LogP contribution in [-0.2, 0) is 14.3 Å². The molecule has 0 aliphatic heterocycles. The van der Waals surface area contributed by atoms with Crippen molar-refractivity contribution in [3.05, 3.63) is 21.9 Å². The lowest BCUT2D eigenvalue weighted by Gasteiger charge is -2.36. The molecule has 3 atom stereocenters. The first-order chi connectivity index (χ1) is 10.9. The highest BCUT2D eigenvalue weighted by molar-refractivity contribution is 7.12. The summed E-state index contributed by atoms with van der Waals surface area (Å²) in [5.74, 6) is 0.547. The van der Waals surface area contributed by atoms with Crippen LogP contribution >= 0.6 is 11.3 Å². The number of hydrogen-bond acceptors (Lipinski definition) is 5. The molecule has 4 nitrogen and oxygen atoms in total. The summed E-state index contributed by atoms with van der Waals surface area (Å²) in [6.07, 6.45) is 3.11. The van der Waals surface area contributed by atoms with Crippen LogP contribution < -0.4 is 0 Å². The Balaban J connectivity index is 1.85. The molecule has 0 saturated heterocycles. The van der Waals surface area contributed by atoms with Crippen LogP contribution in [0.25, 0.3) is 0 Å². The second kappa shape index (κ2) is 7.95. The summed E-state index contributed by atoms with van der Waals surface area (Å²) in [6, 6.07) is 1.86. The SMILES string of the molecule is Cc1ccsc1C(=O)OCC(=O)O[C@H]1C[C@@H](C)CC[C@@H]1C(C)C. The maximum Gasteiger partial charge on any atom is 0.349 e. The standard InChI is InChI=1S/C18H26O4S/c1-11(2)14-6-5-12(3)9-15(14)22-16(19)10-21-18(20)17-13(4)7-8-23-17/h7-8,11-12,14-15H,5-6,9-10H2,1-4H3/t12-,14+,15-/m0/s1. The fraction of sp³-hybridized carbons (Fsp3) is 0.667. The maximum atomic E-state index is 12.0. The second-order valence-corrected chi connectivity index (χ2v) is 7.78.